The Labute approximate surface area is 247 Å². The fourth-order valence-corrected chi connectivity index (χ4v) is 6.51. The second-order valence-electron chi connectivity index (χ2n) is 10.5. The van der Waals surface area contributed by atoms with Crippen LogP contribution in [0.3, 0.4) is 0 Å². The topological polar surface area (TPSA) is 104 Å². The lowest BCUT2D eigenvalue weighted by atomic mass is 10.1. The van der Waals surface area contributed by atoms with Crippen molar-refractivity contribution in [2.45, 2.75) is 32.1 Å². The number of hydrogen-bond donors (Lipinski definition) is 2. The third kappa shape index (κ3) is 9.83. The van der Waals surface area contributed by atoms with Gasteiger partial charge >= 0.3 is 0 Å². The van der Waals surface area contributed by atoms with E-state index in [1.807, 2.05) is 74.1 Å². The van der Waals surface area contributed by atoms with Crippen LogP contribution in [0.15, 0.2) is 40.8 Å². The van der Waals surface area contributed by atoms with Gasteiger partial charge in [0.2, 0.25) is 18.6 Å². The summed E-state index contributed by atoms with van der Waals surface area (Å²) in [7, 11) is 3.76. The second kappa shape index (κ2) is 16.3. The van der Waals surface area contributed by atoms with Crippen LogP contribution in [0, 0.1) is 0 Å². The van der Waals surface area contributed by atoms with Crippen LogP contribution in [-0.4, -0.2) is 84.0 Å². The maximum atomic E-state index is 13.8. The van der Waals surface area contributed by atoms with Crippen LogP contribution in [0.4, 0.5) is 5.69 Å². The molecule has 0 saturated carbocycles. The molecular weight excluding hydrogens is 565 g/mol. The van der Waals surface area contributed by atoms with E-state index < -0.39 is 7.37 Å². The standard InChI is InChI=1S/C30H43ClN3O6P/c1-33(2)23-9-11-25-27(21-23)40-28-22-24(34(3)4)10-12-26(28)30(25)41(36,37)20-13-29(35)32-15-17-39-19-18-38-16-8-6-5-7-14-31/h9-12,21-22H,5-8,13-20H2,1-4H3,(H-,32,35,36,37)/p+1. The highest BCUT2D eigenvalue weighted by molar-refractivity contribution is 7.67. The number of benzene rings is 2. The summed E-state index contributed by atoms with van der Waals surface area (Å²) in [6, 6.07) is 11.1. The van der Waals surface area contributed by atoms with Gasteiger partial charge in [-0.25, -0.2) is 4.58 Å². The van der Waals surface area contributed by atoms with Gasteiger partial charge in [0, 0.05) is 74.5 Å². The Bertz CT molecular complexity index is 1370. The van der Waals surface area contributed by atoms with Gasteiger partial charge in [-0.2, -0.15) is 0 Å². The Morgan fingerprint density at radius 2 is 1.76 bits per heavy atom. The number of nitrogens with zero attached hydrogens (tertiary/aromatic N) is 2. The van der Waals surface area contributed by atoms with Gasteiger partial charge in [-0.3, -0.25) is 9.36 Å². The van der Waals surface area contributed by atoms with Crippen molar-refractivity contribution in [2.24, 2.45) is 0 Å². The molecule has 1 heterocycles. The van der Waals surface area contributed by atoms with Crippen LogP contribution >= 0.6 is 19.0 Å². The highest BCUT2D eigenvalue weighted by Gasteiger charge is 2.31. The zero-order valence-corrected chi connectivity index (χ0v) is 26.3. The monoisotopic (exact) mass is 608 g/mol. The fourth-order valence-electron chi connectivity index (χ4n) is 4.47. The van der Waals surface area contributed by atoms with E-state index in [4.69, 9.17) is 25.5 Å². The molecule has 0 radical (unpaired) electrons. The number of alkyl halides is 1. The lowest BCUT2D eigenvalue weighted by Crippen LogP contribution is -2.28. The normalized spacial score (nSPS) is 12.9. The SMILES string of the molecule is CN(C)c1ccc2c(P(=O)(O)CCC(=O)NCCOCCOCCCCCCCl)c3ccc(=[N+](C)C)cc-3oc2c1. The summed E-state index contributed by atoms with van der Waals surface area (Å²) in [6.07, 6.45) is 4.02. The molecule has 1 aromatic carbocycles. The molecule has 41 heavy (non-hydrogen) atoms. The first-order valence-electron chi connectivity index (χ1n) is 14.1. The number of nitrogens with one attached hydrogen (secondary N) is 1. The molecule has 9 nitrogen and oxygen atoms in total. The molecule has 1 amide bonds. The maximum absolute atomic E-state index is 13.8. The fraction of sp³-hybridized carbons (Fsp3) is 0.533. The third-order valence-electron chi connectivity index (χ3n) is 6.80. The first kappa shape index (κ1) is 33.1. The number of unbranched alkanes of at least 4 members (excludes halogenated alkanes) is 3. The van der Waals surface area contributed by atoms with Crippen molar-refractivity contribution in [3.05, 3.63) is 41.8 Å². The molecule has 1 atom stereocenters. The minimum Gasteiger partial charge on any atom is -0.456 e. The van der Waals surface area contributed by atoms with E-state index in [-0.39, 0.29) is 18.5 Å². The molecule has 1 unspecified atom stereocenters. The Hall–Kier alpha value is -2.42. The van der Waals surface area contributed by atoms with E-state index in [0.29, 0.717) is 66.4 Å². The van der Waals surface area contributed by atoms with Gasteiger partial charge < -0.3 is 29.0 Å². The van der Waals surface area contributed by atoms with Gasteiger partial charge in [0.1, 0.15) is 25.4 Å². The lowest BCUT2D eigenvalue weighted by molar-refractivity contribution is -0.121. The molecule has 0 aromatic heterocycles. The highest BCUT2D eigenvalue weighted by atomic mass is 35.5. The smallest absolute Gasteiger partial charge is 0.231 e. The average Bonchev–Trinajstić information content (AvgIpc) is 2.94. The summed E-state index contributed by atoms with van der Waals surface area (Å²) in [5.41, 5.74) is 1.99. The third-order valence-corrected chi connectivity index (χ3v) is 9.08. The number of anilines is 1. The quantitative estimate of drug-likeness (QED) is 0.0788. The molecule has 11 heteroatoms. The van der Waals surface area contributed by atoms with Gasteiger partial charge in [-0.1, -0.05) is 12.8 Å². The van der Waals surface area contributed by atoms with E-state index in [1.54, 1.807) is 0 Å². The predicted octanol–water partition coefficient (Wildman–Crippen LogP) is 3.87. The number of halogens is 1. The molecular formula is C30H44ClN3O6P+. The average molecular weight is 609 g/mol. The molecule has 0 spiro atoms. The summed E-state index contributed by atoms with van der Waals surface area (Å²) in [5, 5.41) is 4.57. The van der Waals surface area contributed by atoms with Crippen molar-refractivity contribution in [2.75, 3.05) is 78.1 Å². The minimum absolute atomic E-state index is 0.0821. The summed E-state index contributed by atoms with van der Waals surface area (Å²) in [4.78, 5) is 25.8. The zero-order valence-electron chi connectivity index (χ0n) is 24.7. The van der Waals surface area contributed by atoms with E-state index >= 15 is 0 Å². The molecule has 0 saturated heterocycles. The van der Waals surface area contributed by atoms with Crippen molar-refractivity contribution >= 4 is 46.8 Å². The van der Waals surface area contributed by atoms with Crippen LogP contribution in [0.5, 0.6) is 0 Å². The number of carbonyl (C=O) groups excluding carboxylic acids is 1. The summed E-state index contributed by atoms with van der Waals surface area (Å²) < 4.78 is 33.1. The predicted molar refractivity (Wildman–Crippen MR) is 167 cm³/mol. The molecule has 3 rings (SSSR count). The largest absolute Gasteiger partial charge is 0.456 e. The van der Waals surface area contributed by atoms with Crippen molar-refractivity contribution in [3.8, 4) is 11.3 Å². The van der Waals surface area contributed by atoms with Gasteiger partial charge in [-0.15, -0.1) is 11.6 Å². The number of amides is 1. The molecule has 2 N–H and O–H groups in total. The van der Waals surface area contributed by atoms with Gasteiger partial charge in [0.05, 0.1) is 31.2 Å². The number of carbonyl (C=O) groups is 1. The Morgan fingerprint density at radius 1 is 1.02 bits per heavy atom. The van der Waals surface area contributed by atoms with E-state index in [2.05, 4.69) is 5.32 Å². The Kier molecular flexibility index (Phi) is 13.1. The maximum Gasteiger partial charge on any atom is 0.231 e. The number of rotatable bonds is 17. The van der Waals surface area contributed by atoms with Crippen LogP contribution in [0.25, 0.3) is 22.3 Å². The van der Waals surface area contributed by atoms with E-state index in [0.717, 1.165) is 36.7 Å². The van der Waals surface area contributed by atoms with E-state index in [9.17, 15) is 14.3 Å². The van der Waals surface area contributed by atoms with Crippen molar-refractivity contribution in [3.63, 3.8) is 0 Å². The van der Waals surface area contributed by atoms with Gasteiger partial charge in [0.25, 0.3) is 0 Å². The Balaban J connectivity index is 1.59. The molecule has 1 aromatic rings. The molecule has 226 valence electrons. The molecule has 0 fully saturated rings. The van der Waals surface area contributed by atoms with Crippen molar-refractivity contribution < 1.29 is 28.1 Å². The Morgan fingerprint density at radius 3 is 2.46 bits per heavy atom. The molecule has 2 aliphatic rings. The van der Waals surface area contributed by atoms with Crippen molar-refractivity contribution in [1.82, 2.24) is 9.89 Å². The molecule has 1 aliphatic carbocycles. The minimum atomic E-state index is -3.94. The van der Waals surface area contributed by atoms with Crippen LogP contribution in [-0.2, 0) is 18.8 Å². The van der Waals surface area contributed by atoms with Gasteiger partial charge in [-0.05, 0) is 31.0 Å². The zero-order chi connectivity index (χ0) is 29.8. The van der Waals surface area contributed by atoms with Gasteiger partial charge in [0.15, 0.2) is 0 Å². The first-order chi connectivity index (χ1) is 19.6. The number of fused-ring (bicyclic) bond motifs is 2. The molecule has 1 aliphatic heterocycles. The summed E-state index contributed by atoms with van der Waals surface area (Å²) in [6.45, 7) is 2.34. The van der Waals surface area contributed by atoms with Crippen LogP contribution in [0.1, 0.15) is 32.1 Å². The molecule has 0 bridgehead atoms. The van der Waals surface area contributed by atoms with E-state index in [1.165, 1.54) is 0 Å². The van der Waals surface area contributed by atoms with Crippen LogP contribution in [0.2, 0.25) is 0 Å². The lowest BCUT2D eigenvalue weighted by Gasteiger charge is -2.20. The number of hydrogen-bond acceptors (Lipinski definition) is 6. The number of ether oxygens (including phenoxy) is 2. The summed E-state index contributed by atoms with van der Waals surface area (Å²) in [5.74, 6) is 0.925. The highest BCUT2D eigenvalue weighted by Crippen LogP contribution is 2.46. The second-order valence-corrected chi connectivity index (χ2v) is 13.1. The first-order valence-corrected chi connectivity index (χ1v) is 16.5. The van der Waals surface area contributed by atoms with Crippen molar-refractivity contribution in [1.29, 1.82) is 0 Å². The van der Waals surface area contributed by atoms with Crippen LogP contribution < -0.4 is 25.5 Å². The summed E-state index contributed by atoms with van der Waals surface area (Å²) >= 11 is 5.67.